The summed E-state index contributed by atoms with van der Waals surface area (Å²) in [5, 5.41) is 8.46. The number of rotatable bonds is 7. The van der Waals surface area contributed by atoms with Crippen LogP contribution in [0.2, 0.25) is 0 Å². The van der Waals surface area contributed by atoms with Crippen molar-refractivity contribution < 1.29 is 14.0 Å². The number of nitrogens with zero attached hydrogens (tertiary/aromatic N) is 3. The van der Waals surface area contributed by atoms with Gasteiger partial charge in [0.25, 0.3) is 11.8 Å². The van der Waals surface area contributed by atoms with Gasteiger partial charge in [-0.2, -0.15) is 0 Å². The van der Waals surface area contributed by atoms with Crippen molar-refractivity contribution in [2.45, 2.75) is 59.5 Å². The van der Waals surface area contributed by atoms with Crippen molar-refractivity contribution in [3.63, 3.8) is 0 Å². The van der Waals surface area contributed by atoms with Gasteiger partial charge in [-0.05, 0) is 63.7 Å². The van der Waals surface area contributed by atoms with Crippen molar-refractivity contribution in [2.75, 3.05) is 6.54 Å². The van der Waals surface area contributed by atoms with Gasteiger partial charge in [0, 0.05) is 17.5 Å². The van der Waals surface area contributed by atoms with Crippen LogP contribution < -0.4 is 5.32 Å². The number of aryl methyl sites for hydroxylation is 1. The van der Waals surface area contributed by atoms with Gasteiger partial charge >= 0.3 is 0 Å². The minimum absolute atomic E-state index is 0.237. The van der Waals surface area contributed by atoms with E-state index in [-0.39, 0.29) is 17.5 Å². The molecule has 1 N–H and O–H groups in total. The highest BCUT2D eigenvalue weighted by molar-refractivity contribution is 7.03. The zero-order valence-electron chi connectivity index (χ0n) is 16.8. The molecule has 0 saturated heterocycles. The minimum atomic E-state index is -0.870. The molecule has 2 rings (SSSR count). The van der Waals surface area contributed by atoms with Crippen LogP contribution in [0.15, 0.2) is 21.9 Å². The van der Waals surface area contributed by atoms with Gasteiger partial charge in [0.1, 0.15) is 11.5 Å². The molecular formula is C19H28N4O3S. The predicted octanol–water partition coefficient (Wildman–Crippen LogP) is 3.58. The van der Waals surface area contributed by atoms with Gasteiger partial charge in [0.05, 0.1) is 0 Å². The maximum atomic E-state index is 13.1. The molecule has 0 fully saturated rings. The average molecular weight is 393 g/mol. The Hall–Kier alpha value is -2.22. The second-order valence-corrected chi connectivity index (χ2v) is 8.67. The van der Waals surface area contributed by atoms with E-state index in [0.717, 1.165) is 18.0 Å². The number of hydrogen-bond acceptors (Lipinski definition) is 6. The average Bonchev–Trinajstić information content (AvgIpc) is 3.20. The third-order valence-electron chi connectivity index (χ3n) is 3.88. The molecule has 1 atom stereocenters. The molecule has 2 aromatic heterocycles. The lowest BCUT2D eigenvalue weighted by atomic mass is 10.0. The topological polar surface area (TPSA) is 88.3 Å². The van der Waals surface area contributed by atoms with Crippen LogP contribution in [0.3, 0.4) is 0 Å². The van der Waals surface area contributed by atoms with Crippen LogP contribution in [0.4, 0.5) is 0 Å². The first-order valence-electron chi connectivity index (χ1n) is 9.05. The Labute approximate surface area is 164 Å². The van der Waals surface area contributed by atoms with Crippen LogP contribution in [0, 0.1) is 12.8 Å². The molecule has 27 heavy (non-hydrogen) atoms. The molecule has 8 heteroatoms. The molecule has 0 aliphatic heterocycles. The Morgan fingerprint density at radius 2 is 2.00 bits per heavy atom. The van der Waals surface area contributed by atoms with Gasteiger partial charge in [-0.1, -0.05) is 18.3 Å². The van der Waals surface area contributed by atoms with Crippen molar-refractivity contribution in [3.05, 3.63) is 34.7 Å². The van der Waals surface area contributed by atoms with E-state index in [9.17, 15) is 9.59 Å². The van der Waals surface area contributed by atoms with Crippen LogP contribution in [0.25, 0.3) is 0 Å². The molecule has 0 aromatic carbocycles. The zero-order chi connectivity index (χ0) is 20.2. The standard InChI is InChI=1S/C19H28N4O3S/c1-12(2)9-10-23(18(25)14-11-27-22-21-14)16(15-8-7-13(3)26-15)17(24)20-19(4,5)6/h7-8,11-12,16H,9-10H2,1-6H3,(H,20,24). The second kappa shape index (κ2) is 8.65. The van der Waals surface area contributed by atoms with E-state index in [4.69, 9.17) is 4.42 Å². The van der Waals surface area contributed by atoms with Crippen LogP contribution in [-0.4, -0.2) is 38.4 Å². The van der Waals surface area contributed by atoms with Crippen LogP contribution in [0.1, 0.15) is 69.1 Å². The van der Waals surface area contributed by atoms with E-state index >= 15 is 0 Å². The van der Waals surface area contributed by atoms with E-state index in [2.05, 4.69) is 28.8 Å². The fourth-order valence-electron chi connectivity index (χ4n) is 2.61. The first-order valence-corrected chi connectivity index (χ1v) is 9.88. The van der Waals surface area contributed by atoms with Crippen LogP contribution in [0.5, 0.6) is 0 Å². The number of amides is 2. The first-order chi connectivity index (χ1) is 12.6. The highest BCUT2D eigenvalue weighted by Crippen LogP contribution is 2.27. The Morgan fingerprint density at radius 3 is 2.48 bits per heavy atom. The number of furan rings is 1. The van der Waals surface area contributed by atoms with Crippen molar-refractivity contribution in [3.8, 4) is 0 Å². The molecule has 0 radical (unpaired) electrons. The van der Waals surface area contributed by atoms with Crippen LogP contribution >= 0.6 is 11.5 Å². The van der Waals surface area contributed by atoms with Gasteiger partial charge in [0.15, 0.2) is 11.7 Å². The summed E-state index contributed by atoms with van der Waals surface area (Å²) in [6, 6.07) is 2.67. The molecule has 0 aliphatic rings. The number of carbonyl (C=O) groups excluding carboxylic acids is 2. The van der Waals surface area contributed by atoms with Gasteiger partial charge in [-0.15, -0.1) is 5.10 Å². The number of aromatic nitrogens is 2. The SMILES string of the molecule is Cc1ccc(C(C(=O)NC(C)(C)C)N(CCC(C)C)C(=O)c2csnn2)o1. The van der Waals surface area contributed by atoms with Crippen molar-refractivity contribution >= 4 is 23.3 Å². The summed E-state index contributed by atoms with van der Waals surface area (Å²) < 4.78 is 9.53. The van der Waals surface area contributed by atoms with Crippen molar-refractivity contribution in [1.29, 1.82) is 0 Å². The number of hydrogen-bond donors (Lipinski definition) is 1. The Bertz CT molecular complexity index is 762. The summed E-state index contributed by atoms with van der Waals surface area (Å²) in [4.78, 5) is 27.8. The van der Waals surface area contributed by atoms with Gasteiger partial charge < -0.3 is 14.6 Å². The summed E-state index contributed by atoms with van der Waals surface area (Å²) in [5.41, 5.74) is -0.202. The maximum Gasteiger partial charge on any atom is 0.276 e. The molecule has 0 aliphatic carbocycles. The molecule has 0 bridgehead atoms. The molecule has 0 saturated carbocycles. The van der Waals surface area contributed by atoms with Crippen molar-refractivity contribution in [2.24, 2.45) is 5.92 Å². The molecule has 0 spiro atoms. The number of carbonyl (C=O) groups is 2. The van der Waals surface area contributed by atoms with Gasteiger partial charge in [-0.3, -0.25) is 9.59 Å². The van der Waals surface area contributed by atoms with Crippen molar-refractivity contribution in [1.82, 2.24) is 19.8 Å². The fraction of sp³-hybridized carbons (Fsp3) is 0.579. The Morgan fingerprint density at radius 1 is 1.30 bits per heavy atom. The van der Waals surface area contributed by atoms with E-state index in [0.29, 0.717) is 24.0 Å². The molecular weight excluding hydrogens is 364 g/mol. The predicted molar refractivity (Wildman–Crippen MR) is 104 cm³/mol. The monoisotopic (exact) mass is 392 g/mol. The minimum Gasteiger partial charge on any atom is -0.464 e. The van der Waals surface area contributed by atoms with Gasteiger partial charge in [-0.25, -0.2) is 0 Å². The molecule has 1 unspecified atom stereocenters. The fourth-order valence-corrected chi connectivity index (χ4v) is 3.04. The normalized spacial score (nSPS) is 12.9. The van der Waals surface area contributed by atoms with E-state index in [1.165, 1.54) is 4.90 Å². The maximum absolute atomic E-state index is 13.1. The number of nitrogens with one attached hydrogen (secondary N) is 1. The summed E-state index contributed by atoms with van der Waals surface area (Å²) in [5.74, 6) is 0.892. The summed E-state index contributed by atoms with van der Waals surface area (Å²) in [7, 11) is 0. The van der Waals surface area contributed by atoms with Crippen LogP contribution in [-0.2, 0) is 4.79 Å². The lowest BCUT2D eigenvalue weighted by Gasteiger charge is -2.32. The molecule has 2 amide bonds. The highest BCUT2D eigenvalue weighted by Gasteiger charge is 2.36. The first kappa shape index (κ1) is 21.1. The largest absolute Gasteiger partial charge is 0.464 e. The summed E-state index contributed by atoms with van der Waals surface area (Å²) in [6.07, 6.45) is 0.752. The molecule has 2 aromatic rings. The van der Waals surface area contributed by atoms with E-state index in [1.807, 2.05) is 27.7 Å². The lowest BCUT2D eigenvalue weighted by molar-refractivity contribution is -0.128. The van der Waals surface area contributed by atoms with E-state index in [1.54, 1.807) is 17.5 Å². The summed E-state index contributed by atoms with van der Waals surface area (Å²) >= 11 is 1.11. The highest BCUT2D eigenvalue weighted by atomic mass is 32.1. The third kappa shape index (κ3) is 5.89. The lowest BCUT2D eigenvalue weighted by Crippen LogP contribution is -2.49. The smallest absolute Gasteiger partial charge is 0.276 e. The quantitative estimate of drug-likeness (QED) is 0.778. The second-order valence-electron chi connectivity index (χ2n) is 8.06. The van der Waals surface area contributed by atoms with E-state index < -0.39 is 11.6 Å². The Kier molecular flexibility index (Phi) is 6.75. The third-order valence-corrected chi connectivity index (χ3v) is 4.38. The molecule has 148 valence electrons. The Balaban J connectivity index is 2.44. The molecule has 2 heterocycles. The molecule has 7 nitrogen and oxygen atoms in total. The van der Waals surface area contributed by atoms with Gasteiger partial charge in [0.2, 0.25) is 0 Å². The zero-order valence-corrected chi connectivity index (χ0v) is 17.6. The summed E-state index contributed by atoms with van der Waals surface area (Å²) in [6.45, 7) is 12.1.